The number of hydrogen-bond acceptors (Lipinski definition) is 4. The summed E-state index contributed by atoms with van der Waals surface area (Å²) >= 11 is 0. The van der Waals surface area contributed by atoms with Crippen LogP contribution in [0.25, 0.3) is 0 Å². The van der Waals surface area contributed by atoms with Crippen molar-refractivity contribution in [2.45, 2.75) is 13.8 Å². The summed E-state index contributed by atoms with van der Waals surface area (Å²) in [4.78, 5) is 25.0. The summed E-state index contributed by atoms with van der Waals surface area (Å²) in [6.45, 7) is 4.12. The van der Waals surface area contributed by atoms with E-state index < -0.39 is 0 Å². The Morgan fingerprint density at radius 1 is 1.21 bits per heavy atom. The van der Waals surface area contributed by atoms with Crippen molar-refractivity contribution in [3.8, 4) is 5.75 Å². The zero-order valence-corrected chi connectivity index (χ0v) is 11.1. The van der Waals surface area contributed by atoms with Crippen LogP contribution in [0, 0.1) is 11.8 Å². The number of carbonyl (C=O) groups excluding carboxylic acids is 2. The molecule has 2 rings (SSSR count). The Bertz CT molecular complexity index is 481. The first-order valence-corrected chi connectivity index (χ1v) is 6.34. The van der Waals surface area contributed by atoms with Gasteiger partial charge in [-0.15, -0.1) is 0 Å². The number of nitrogens with two attached hydrogens (primary N) is 1. The molecule has 5 heteroatoms. The van der Waals surface area contributed by atoms with E-state index in [-0.39, 0.29) is 36.8 Å². The number of nitrogens with zero attached hydrogens (tertiary/aromatic N) is 1. The van der Waals surface area contributed by atoms with Crippen LogP contribution in [0.4, 0.5) is 5.69 Å². The monoisotopic (exact) mass is 262 g/mol. The number of nitrogen functional groups attached to an aromatic ring is 1. The van der Waals surface area contributed by atoms with Gasteiger partial charge >= 0.3 is 0 Å². The van der Waals surface area contributed by atoms with Crippen molar-refractivity contribution in [3.63, 3.8) is 0 Å². The van der Waals surface area contributed by atoms with Gasteiger partial charge in [-0.25, -0.2) is 0 Å². The van der Waals surface area contributed by atoms with Gasteiger partial charge in [0, 0.05) is 23.6 Å². The highest BCUT2D eigenvalue weighted by Gasteiger charge is 2.41. The average Bonchev–Trinajstić information content (AvgIpc) is 2.56. The number of imide groups is 1. The summed E-state index contributed by atoms with van der Waals surface area (Å²) in [5.41, 5.74) is 6.25. The molecule has 0 aromatic heterocycles. The molecule has 2 unspecified atom stereocenters. The number of ether oxygens (including phenoxy) is 1. The summed E-state index contributed by atoms with van der Waals surface area (Å²) in [5, 5.41) is 0. The van der Waals surface area contributed by atoms with Crippen molar-refractivity contribution < 1.29 is 14.3 Å². The predicted molar refractivity (Wildman–Crippen MR) is 71.4 cm³/mol. The summed E-state index contributed by atoms with van der Waals surface area (Å²) in [6, 6.07) is 7.05. The van der Waals surface area contributed by atoms with E-state index in [0.717, 1.165) is 0 Å². The number of anilines is 1. The molecular weight excluding hydrogens is 244 g/mol. The number of likely N-dealkylation sites (tertiary alicyclic amines) is 1. The summed E-state index contributed by atoms with van der Waals surface area (Å²) < 4.78 is 5.49. The lowest BCUT2D eigenvalue weighted by Gasteiger charge is -2.15. The molecule has 2 N–H and O–H groups in total. The van der Waals surface area contributed by atoms with Crippen LogP contribution >= 0.6 is 0 Å². The molecule has 0 bridgehead atoms. The first-order chi connectivity index (χ1) is 9.00. The van der Waals surface area contributed by atoms with Crippen molar-refractivity contribution >= 4 is 17.5 Å². The van der Waals surface area contributed by atoms with Crippen LogP contribution in [0.2, 0.25) is 0 Å². The van der Waals surface area contributed by atoms with E-state index >= 15 is 0 Å². The van der Waals surface area contributed by atoms with Crippen molar-refractivity contribution in [1.29, 1.82) is 0 Å². The first-order valence-electron chi connectivity index (χ1n) is 6.34. The van der Waals surface area contributed by atoms with Crippen LogP contribution in [0.5, 0.6) is 5.75 Å². The Morgan fingerprint density at radius 2 is 1.84 bits per heavy atom. The minimum Gasteiger partial charge on any atom is -0.492 e. The fourth-order valence-corrected chi connectivity index (χ4v) is 2.11. The maximum atomic E-state index is 11.9. The molecule has 0 radical (unpaired) electrons. The molecule has 0 aliphatic carbocycles. The van der Waals surface area contributed by atoms with Gasteiger partial charge in [0.25, 0.3) is 0 Å². The summed E-state index contributed by atoms with van der Waals surface area (Å²) in [5.74, 6) is -0.0673. The molecule has 2 amide bonds. The first kappa shape index (κ1) is 13.4. The Kier molecular flexibility index (Phi) is 3.74. The number of rotatable bonds is 4. The molecule has 19 heavy (non-hydrogen) atoms. The van der Waals surface area contributed by atoms with Gasteiger partial charge in [0.2, 0.25) is 11.8 Å². The molecular formula is C14H18N2O3. The largest absolute Gasteiger partial charge is 0.492 e. The van der Waals surface area contributed by atoms with Gasteiger partial charge in [0.05, 0.1) is 6.54 Å². The molecule has 1 saturated heterocycles. The van der Waals surface area contributed by atoms with Gasteiger partial charge in [0.1, 0.15) is 12.4 Å². The van der Waals surface area contributed by atoms with E-state index in [0.29, 0.717) is 11.4 Å². The third kappa shape index (κ3) is 2.70. The summed E-state index contributed by atoms with van der Waals surface area (Å²) in [7, 11) is 0. The average molecular weight is 262 g/mol. The second-order valence-corrected chi connectivity index (χ2v) is 4.83. The standard InChI is InChI=1S/C14H18N2O3/c1-9-10(2)14(18)16(13(9)17)6-7-19-12-5-3-4-11(15)8-12/h3-5,8-10H,6-7,15H2,1-2H3. The maximum absolute atomic E-state index is 11.9. The van der Waals surface area contributed by atoms with E-state index in [1.807, 2.05) is 0 Å². The zero-order valence-electron chi connectivity index (χ0n) is 11.1. The van der Waals surface area contributed by atoms with Crippen LogP contribution in [0.15, 0.2) is 24.3 Å². The topological polar surface area (TPSA) is 72.6 Å². The Morgan fingerprint density at radius 3 is 2.42 bits per heavy atom. The smallest absolute Gasteiger partial charge is 0.232 e. The lowest BCUT2D eigenvalue weighted by molar-refractivity contribution is -0.140. The predicted octanol–water partition coefficient (Wildman–Crippen LogP) is 1.29. The molecule has 0 saturated carbocycles. The van der Waals surface area contributed by atoms with Gasteiger partial charge < -0.3 is 10.5 Å². The summed E-state index contributed by atoms with van der Waals surface area (Å²) in [6.07, 6.45) is 0. The molecule has 1 fully saturated rings. The highest BCUT2D eigenvalue weighted by atomic mass is 16.5. The fourth-order valence-electron chi connectivity index (χ4n) is 2.11. The molecule has 1 heterocycles. The van der Waals surface area contributed by atoms with Gasteiger partial charge in [-0.2, -0.15) is 0 Å². The van der Waals surface area contributed by atoms with Crippen molar-refractivity contribution in [1.82, 2.24) is 4.90 Å². The zero-order chi connectivity index (χ0) is 14.0. The van der Waals surface area contributed by atoms with Crippen molar-refractivity contribution in [3.05, 3.63) is 24.3 Å². The minimum atomic E-state index is -0.236. The molecule has 1 aromatic carbocycles. The Balaban J connectivity index is 1.90. The molecule has 0 spiro atoms. The van der Waals surface area contributed by atoms with E-state index in [9.17, 15) is 9.59 Å². The van der Waals surface area contributed by atoms with Gasteiger partial charge in [-0.3, -0.25) is 14.5 Å². The van der Waals surface area contributed by atoms with Gasteiger partial charge in [0.15, 0.2) is 0 Å². The molecule has 1 aliphatic heterocycles. The molecule has 1 aromatic rings. The highest BCUT2D eigenvalue weighted by molar-refractivity contribution is 6.04. The van der Waals surface area contributed by atoms with Crippen LogP contribution in [0.1, 0.15) is 13.8 Å². The fraction of sp³-hybridized carbons (Fsp3) is 0.429. The maximum Gasteiger partial charge on any atom is 0.232 e. The quantitative estimate of drug-likeness (QED) is 0.655. The second-order valence-electron chi connectivity index (χ2n) is 4.83. The van der Waals surface area contributed by atoms with Crippen LogP contribution < -0.4 is 10.5 Å². The van der Waals surface area contributed by atoms with E-state index in [1.165, 1.54) is 4.90 Å². The third-order valence-electron chi connectivity index (χ3n) is 3.50. The molecule has 102 valence electrons. The van der Waals surface area contributed by atoms with Crippen LogP contribution in [-0.4, -0.2) is 29.9 Å². The normalized spacial score (nSPS) is 22.9. The molecule has 1 aliphatic rings. The SMILES string of the molecule is CC1C(=O)N(CCOc2cccc(N)c2)C(=O)C1C. The number of benzene rings is 1. The van der Waals surface area contributed by atoms with Crippen LogP contribution in [0.3, 0.4) is 0 Å². The molecule has 2 atom stereocenters. The number of carbonyl (C=O) groups is 2. The van der Waals surface area contributed by atoms with Crippen molar-refractivity contribution in [2.75, 3.05) is 18.9 Å². The van der Waals surface area contributed by atoms with Gasteiger partial charge in [-0.05, 0) is 12.1 Å². The van der Waals surface area contributed by atoms with E-state index in [2.05, 4.69) is 0 Å². The van der Waals surface area contributed by atoms with E-state index in [1.54, 1.807) is 38.1 Å². The Labute approximate surface area is 112 Å². The Hall–Kier alpha value is -2.04. The third-order valence-corrected chi connectivity index (χ3v) is 3.50. The van der Waals surface area contributed by atoms with Crippen LogP contribution in [-0.2, 0) is 9.59 Å². The minimum absolute atomic E-state index is 0.117. The lowest BCUT2D eigenvalue weighted by Crippen LogP contribution is -2.34. The lowest BCUT2D eigenvalue weighted by atomic mass is 10.00. The van der Waals surface area contributed by atoms with Crippen molar-refractivity contribution in [2.24, 2.45) is 11.8 Å². The highest BCUT2D eigenvalue weighted by Crippen LogP contribution is 2.25. The molecule has 5 nitrogen and oxygen atoms in total. The van der Waals surface area contributed by atoms with E-state index in [4.69, 9.17) is 10.5 Å². The second kappa shape index (κ2) is 5.30. The number of amides is 2. The number of hydrogen-bond donors (Lipinski definition) is 1. The van der Waals surface area contributed by atoms with Gasteiger partial charge in [-0.1, -0.05) is 19.9 Å².